The zero-order chi connectivity index (χ0) is 10.4. The summed E-state index contributed by atoms with van der Waals surface area (Å²) in [7, 11) is 0. The highest BCUT2D eigenvalue weighted by atomic mass is 79.9. The van der Waals surface area contributed by atoms with Crippen molar-refractivity contribution in [2.45, 2.75) is 37.8 Å². The van der Waals surface area contributed by atoms with Crippen LogP contribution in [0.15, 0.2) is 28.7 Å². The van der Waals surface area contributed by atoms with E-state index in [9.17, 15) is 4.39 Å². The summed E-state index contributed by atoms with van der Waals surface area (Å²) < 4.78 is 15.1. The quantitative estimate of drug-likeness (QED) is 0.743. The van der Waals surface area contributed by atoms with Crippen LogP contribution in [0.5, 0.6) is 0 Å². The number of rotatable bonds is 2. The zero-order valence-corrected chi connectivity index (χ0v) is 10.1. The summed E-state index contributed by atoms with van der Waals surface area (Å²) in [6, 6.07) is 8.02. The molecule has 14 heavy (non-hydrogen) atoms. The minimum Gasteiger partial charge on any atom is -0.244 e. The van der Waals surface area contributed by atoms with Crippen LogP contribution in [0.1, 0.15) is 32.3 Å². The van der Waals surface area contributed by atoms with Crippen molar-refractivity contribution in [1.29, 1.82) is 0 Å². The standard InChI is InChI=1S/C12H14BrF/c1-11(2,14)12(6-7-12)9-4-3-5-10(13)8-9/h3-5,8H,6-7H2,1-2H3. The van der Waals surface area contributed by atoms with E-state index in [0.29, 0.717) is 0 Å². The molecule has 1 aliphatic carbocycles. The van der Waals surface area contributed by atoms with E-state index in [2.05, 4.69) is 15.9 Å². The van der Waals surface area contributed by atoms with Gasteiger partial charge in [-0.05, 0) is 44.4 Å². The summed E-state index contributed by atoms with van der Waals surface area (Å²) in [5.74, 6) is 0. The molecule has 0 nitrogen and oxygen atoms in total. The molecule has 0 unspecified atom stereocenters. The van der Waals surface area contributed by atoms with E-state index in [1.807, 2.05) is 24.3 Å². The summed E-state index contributed by atoms with van der Waals surface area (Å²) in [5.41, 5.74) is -0.218. The average molecular weight is 257 g/mol. The van der Waals surface area contributed by atoms with Gasteiger partial charge in [0.15, 0.2) is 0 Å². The maximum atomic E-state index is 14.0. The number of hydrogen-bond donors (Lipinski definition) is 0. The Morgan fingerprint density at radius 1 is 1.36 bits per heavy atom. The Hall–Kier alpha value is -0.370. The Balaban J connectivity index is 2.41. The van der Waals surface area contributed by atoms with E-state index in [0.717, 1.165) is 22.9 Å². The lowest BCUT2D eigenvalue weighted by Crippen LogP contribution is -2.31. The van der Waals surface area contributed by atoms with Crippen LogP contribution in [0.2, 0.25) is 0 Å². The third-order valence-electron chi connectivity index (χ3n) is 3.27. The topological polar surface area (TPSA) is 0 Å². The molecular weight excluding hydrogens is 243 g/mol. The number of alkyl halides is 1. The zero-order valence-electron chi connectivity index (χ0n) is 8.48. The summed E-state index contributed by atoms with van der Waals surface area (Å²) in [6.45, 7) is 3.36. The molecule has 0 radical (unpaired) electrons. The molecule has 0 atom stereocenters. The van der Waals surface area contributed by atoms with Crippen LogP contribution in [0.4, 0.5) is 4.39 Å². The van der Waals surface area contributed by atoms with Gasteiger partial charge in [0.25, 0.3) is 0 Å². The van der Waals surface area contributed by atoms with Gasteiger partial charge >= 0.3 is 0 Å². The van der Waals surface area contributed by atoms with Gasteiger partial charge < -0.3 is 0 Å². The summed E-state index contributed by atoms with van der Waals surface area (Å²) in [6.07, 6.45) is 1.93. The van der Waals surface area contributed by atoms with Crippen molar-refractivity contribution in [3.63, 3.8) is 0 Å². The third kappa shape index (κ3) is 1.50. The largest absolute Gasteiger partial charge is 0.244 e. The molecule has 0 spiro atoms. The normalized spacial score (nSPS) is 19.4. The second kappa shape index (κ2) is 3.06. The van der Waals surface area contributed by atoms with Crippen molar-refractivity contribution in [2.75, 3.05) is 0 Å². The fourth-order valence-corrected chi connectivity index (χ4v) is 2.54. The molecule has 0 bridgehead atoms. The second-order valence-electron chi connectivity index (χ2n) is 4.56. The number of benzene rings is 1. The van der Waals surface area contributed by atoms with Crippen molar-refractivity contribution in [2.24, 2.45) is 0 Å². The fraction of sp³-hybridized carbons (Fsp3) is 0.500. The van der Waals surface area contributed by atoms with Gasteiger partial charge in [0.1, 0.15) is 5.67 Å². The van der Waals surface area contributed by atoms with Crippen LogP contribution in [0, 0.1) is 0 Å². The molecule has 1 aliphatic rings. The van der Waals surface area contributed by atoms with Crippen molar-refractivity contribution < 1.29 is 4.39 Å². The van der Waals surface area contributed by atoms with Crippen molar-refractivity contribution in [3.8, 4) is 0 Å². The molecule has 0 heterocycles. The maximum absolute atomic E-state index is 14.0. The van der Waals surface area contributed by atoms with Crippen LogP contribution in [-0.4, -0.2) is 5.67 Å². The highest BCUT2D eigenvalue weighted by molar-refractivity contribution is 9.10. The van der Waals surface area contributed by atoms with E-state index in [-0.39, 0.29) is 5.41 Å². The Kier molecular flexibility index (Phi) is 2.22. The minimum absolute atomic E-state index is 0.225. The summed E-state index contributed by atoms with van der Waals surface area (Å²) in [4.78, 5) is 0. The number of halogens is 2. The molecule has 2 rings (SSSR count). The van der Waals surface area contributed by atoms with Gasteiger partial charge in [-0.25, -0.2) is 4.39 Å². The van der Waals surface area contributed by atoms with Crippen LogP contribution >= 0.6 is 15.9 Å². The van der Waals surface area contributed by atoms with Gasteiger partial charge in [0, 0.05) is 9.89 Å². The van der Waals surface area contributed by atoms with Crippen molar-refractivity contribution in [3.05, 3.63) is 34.3 Å². The van der Waals surface area contributed by atoms with Gasteiger partial charge in [-0.3, -0.25) is 0 Å². The smallest absolute Gasteiger partial charge is 0.115 e. The Morgan fingerprint density at radius 3 is 2.43 bits per heavy atom. The molecule has 0 N–H and O–H groups in total. The molecule has 0 aromatic heterocycles. The first-order chi connectivity index (χ1) is 6.46. The number of hydrogen-bond acceptors (Lipinski definition) is 0. The van der Waals surface area contributed by atoms with E-state index in [1.54, 1.807) is 13.8 Å². The Labute approximate surface area is 92.6 Å². The van der Waals surface area contributed by atoms with E-state index >= 15 is 0 Å². The monoisotopic (exact) mass is 256 g/mol. The molecule has 0 saturated heterocycles. The second-order valence-corrected chi connectivity index (χ2v) is 5.48. The molecule has 0 amide bonds. The predicted molar refractivity (Wildman–Crippen MR) is 60.2 cm³/mol. The molecule has 76 valence electrons. The molecule has 1 aromatic carbocycles. The Bertz CT molecular complexity index is 348. The average Bonchev–Trinajstić information content (AvgIpc) is 2.82. The van der Waals surface area contributed by atoms with Gasteiger partial charge in [-0.15, -0.1) is 0 Å². The third-order valence-corrected chi connectivity index (χ3v) is 3.76. The molecule has 1 saturated carbocycles. The predicted octanol–water partition coefficient (Wildman–Crippen LogP) is 4.23. The van der Waals surface area contributed by atoms with E-state index in [1.165, 1.54) is 0 Å². The lowest BCUT2D eigenvalue weighted by Gasteiger charge is -2.27. The lowest BCUT2D eigenvalue weighted by molar-refractivity contribution is 0.156. The lowest BCUT2D eigenvalue weighted by atomic mass is 9.83. The molecule has 2 heteroatoms. The van der Waals surface area contributed by atoms with Crippen molar-refractivity contribution >= 4 is 15.9 Å². The molecule has 1 fully saturated rings. The van der Waals surface area contributed by atoms with E-state index < -0.39 is 5.67 Å². The van der Waals surface area contributed by atoms with Crippen LogP contribution < -0.4 is 0 Å². The maximum Gasteiger partial charge on any atom is 0.115 e. The molecular formula is C12H14BrF. The molecule has 0 aliphatic heterocycles. The highest BCUT2D eigenvalue weighted by Crippen LogP contribution is 2.57. The fourth-order valence-electron chi connectivity index (χ4n) is 2.14. The first-order valence-corrected chi connectivity index (χ1v) is 5.70. The van der Waals surface area contributed by atoms with Crippen LogP contribution in [0.3, 0.4) is 0 Å². The van der Waals surface area contributed by atoms with Crippen LogP contribution in [0.25, 0.3) is 0 Å². The van der Waals surface area contributed by atoms with Gasteiger partial charge in [-0.2, -0.15) is 0 Å². The van der Waals surface area contributed by atoms with Gasteiger partial charge in [-0.1, -0.05) is 28.1 Å². The van der Waals surface area contributed by atoms with Crippen molar-refractivity contribution in [1.82, 2.24) is 0 Å². The summed E-state index contributed by atoms with van der Waals surface area (Å²) in [5, 5.41) is 0. The summed E-state index contributed by atoms with van der Waals surface area (Å²) >= 11 is 3.43. The SMILES string of the molecule is CC(C)(F)C1(c2cccc(Br)c2)CC1. The first kappa shape index (κ1) is 10.2. The first-order valence-electron chi connectivity index (χ1n) is 4.91. The van der Waals surface area contributed by atoms with Crippen LogP contribution in [-0.2, 0) is 5.41 Å². The highest BCUT2D eigenvalue weighted by Gasteiger charge is 2.56. The Morgan fingerprint density at radius 2 is 2.00 bits per heavy atom. The van der Waals surface area contributed by atoms with Gasteiger partial charge in [0.05, 0.1) is 0 Å². The molecule has 1 aromatic rings. The van der Waals surface area contributed by atoms with E-state index in [4.69, 9.17) is 0 Å². The minimum atomic E-state index is -1.12. The van der Waals surface area contributed by atoms with Gasteiger partial charge in [0.2, 0.25) is 0 Å².